The van der Waals surface area contributed by atoms with Crippen molar-refractivity contribution >= 4 is 43.6 Å². The van der Waals surface area contributed by atoms with E-state index in [9.17, 15) is 4.79 Å². The number of benzene rings is 2. The molecule has 0 N–H and O–H groups in total. The second-order valence-corrected chi connectivity index (χ2v) is 9.12. The van der Waals surface area contributed by atoms with E-state index in [1.807, 2.05) is 36.4 Å². The number of anilines is 1. The smallest absolute Gasteiger partial charge is 0.227 e. The molecule has 1 aromatic heterocycles. The average Bonchev–Trinajstić information content (AvgIpc) is 2.97. The monoisotopic (exact) mass is 516 g/mol. The molecule has 7 heteroatoms. The van der Waals surface area contributed by atoms with Crippen LogP contribution in [0, 0.1) is 0 Å². The van der Waals surface area contributed by atoms with Gasteiger partial charge in [-0.15, -0.1) is 10.2 Å². The molecule has 2 aromatic carbocycles. The lowest BCUT2D eigenvalue weighted by Gasteiger charge is -2.24. The van der Waals surface area contributed by atoms with Gasteiger partial charge in [-0.25, -0.2) is 0 Å². The summed E-state index contributed by atoms with van der Waals surface area (Å²) in [6.45, 7) is 1.77. The van der Waals surface area contributed by atoms with Gasteiger partial charge in [0.1, 0.15) is 5.82 Å². The third-order valence-electron chi connectivity index (χ3n) is 5.16. The summed E-state index contributed by atoms with van der Waals surface area (Å²) in [5.41, 5.74) is 1.83. The predicted octanol–water partition coefficient (Wildman–Crippen LogP) is 5.42. The van der Waals surface area contributed by atoms with Gasteiger partial charge in [-0.05, 0) is 42.7 Å². The maximum Gasteiger partial charge on any atom is 0.227 e. The van der Waals surface area contributed by atoms with E-state index in [1.165, 1.54) is 6.42 Å². The number of Topliss-reactive ketones (excluding diaryl/α,β-unsaturated/α-hetero) is 1. The Labute approximate surface area is 187 Å². The Morgan fingerprint density at radius 3 is 2.34 bits per heavy atom. The van der Waals surface area contributed by atoms with Crippen LogP contribution in [0.5, 0.6) is 0 Å². The highest BCUT2D eigenvalue weighted by atomic mass is 79.9. The van der Waals surface area contributed by atoms with E-state index < -0.39 is 0 Å². The van der Waals surface area contributed by atoms with Crippen LogP contribution in [-0.2, 0) is 19.5 Å². The molecule has 29 heavy (non-hydrogen) atoms. The van der Waals surface area contributed by atoms with Crippen LogP contribution < -0.4 is 4.90 Å². The van der Waals surface area contributed by atoms with E-state index in [2.05, 4.69) is 63.7 Å². The lowest BCUT2D eigenvalue weighted by Crippen LogP contribution is -2.32. The third-order valence-corrected chi connectivity index (χ3v) is 6.22. The molecule has 0 radical (unpaired) electrons. The van der Waals surface area contributed by atoms with Crippen LogP contribution in [-0.4, -0.2) is 27.1 Å². The molecule has 0 aliphatic carbocycles. The Morgan fingerprint density at radius 2 is 1.62 bits per heavy atom. The van der Waals surface area contributed by atoms with Crippen molar-refractivity contribution in [2.75, 3.05) is 11.4 Å². The van der Waals surface area contributed by atoms with Gasteiger partial charge in [0.15, 0.2) is 5.78 Å². The quantitative estimate of drug-likeness (QED) is 0.410. The summed E-state index contributed by atoms with van der Waals surface area (Å²) < 4.78 is 4.19. The van der Waals surface area contributed by atoms with Crippen LogP contribution in [0.3, 0.4) is 0 Å². The van der Waals surface area contributed by atoms with Crippen LogP contribution in [0.4, 0.5) is 5.95 Å². The third kappa shape index (κ3) is 4.95. The molecule has 0 fully saturated rings. The standard InChI is InChI=1S/C22H22Br2N4O/c23-18-9-5-16(6-10-18)14-27(15-20(29)17-7-11-19(24)12-8-17)22-26-25-21-4-2-1-3-13-28(21)22/h5-12H,1-4,13-15H2. The van der Waals surface area contributed by atoms with E-state index >= 15 is 0 Å². The van der Waals surface area contributed by atoms with Crippen molar-refractivity contribution in [1.82, 2.24) is 14.8 Å². The van der Waals surface area contributed by atoms with Crippen molar-refractivity contribution in [1.29, 1.82) is 0 Å². The number of hydrogen-bond donors (Lipinski definition) is 0. The number of carbonyl (C=O) groups excluding carboxylic acids is 1. The molecular weight excluding hydrogens is 496 g/mol. The molecule has 3 aromatic rings. The Hall–Kier alpha value is -1.99. The van der Waals surface area contributed by atoms with E-state index in [0.717, 1.165) is 52.1 Å². The molecule has 0 unspecified atom stereocenters. The van der Waals surface area contributed by atoms with Gasteiger partial charge in [-0.3, -0.25) is 9.36 Å². The van der Waals surface area contributed by atoms with Gasteiger partial charge in [0.05, 0.1) is 6.54 Å². The summed E-state index contributed by atoms with van der Waals surface area (Å²) in [4.78, 5) is 15.1. The summed E-state index contributed by atoms with van der Waals surface area (Å²) >= 11 is 6.92. The van der Waals surface area contributed by atoms with Gasteiger partial charge < -0.3 is 4.90 Å². The maximum atomic E-state index is 13.0. The number of halogens is 2. The molecule has 0 bridgehead atoms. The minimum absolute atomic E-state index is 0.0700. The van der Waals surface area contributed by atoms with E-state index in [1.54, 1.807) is 0 Å². The average molecular weight is 518 g/mol. The minimum Gasteiger partial charge on any atom is -0.329 e. The highest BCUT2D eigenvalue weighted by Gasteiger charge is 2.22. The molecule has 4 rings (SSSR count). The molecule has 2 heterocycles. The summed E-state index contributed by atoms with van der Waals surface area (Å²) in [5.74, 6) is 1.88. The van der Waals surface area contributed by atoms with Gasteiger partial charge in [0, 0.05) is 34.0 Å². The van der Waals surface area contributed by atoms with E-state index in [0.29, 0.717) is 12.1 Å². The topological polar surface area (TPSA) is 51.0 Å². The SMILES string of the molecule is O=C(CN(Cc1ccc(Br)cc1)c1nnc2n1CCCCC2)c1ccc(Br)cc1. The molecule has 0 saturated heterocycles. The van der Waals surface area contributed by atoms with Gasteiger partial charge in [-0.2, -0.15) is 0 Å². The highest BCUT2D eigenvalue weighted by molar-refractivity contribution is 9.10. The first-order valence-electron chi connectivity index (χ1n) is 9.80. The first-order chi connectivity index (χ1) is 14.1. The van der Waals surface area contributed by atoms with Gasteiger partial charge in [-0.1, -0.05) is 62.5 Å². The number of aromatic nitrogens is 3. The lowest BCUT2D eigenvalue weighted by molar-refractivity contribution is 0.0998. The Kier molecular flexibility index (Phi) is 6.45. The van der Waals surface area contributed by atoms with Crippen LogP contribution in [0.1, 0.15) is 41.0 Å². The molecule has 0 spiro atoms. The molecule has 0 saturated carbocycles. The minimum atomic E-state index is 0.0700. The number of fused-ring (bicyclic) bond motifs is 1. The molecule has 0 atom stereocenters. The maximum absolute atomic E-state index is 13.0. The first kappa shape index (κ1) is 20.3. The fourth-order valence-corrected chi connectivity index (χ4v) is 4.14. The summed E-state index contributed by atoms with van der Waals surface area (Å²) in [5, 5.41) is 8.92. The number of rotatable bonds is 6. The molecule has 150 valence electrons. The largest absolute Gasteiger partial charge is 0.329 e. The van der Waals surface area contributed by atoms with Crippen LogP contribution >= 0.6 is 31.9 Å². The number of hydrogen-bond acceptors (Lipinski definition) is 4. The van der Waals surface area contributed by atoms with E-state index in [-0.39, 0.29) is 12.3 Å². The second kappa shape index (κ2) is 9.22. The van der Waals surface area contributed by atoms with Crippen molar-refractivity contribution in [3.8, 4) is 0 Å². The molecule has 1 aliphatic heterocycles. The predicted molar refractivity (Wildman–Crippen MR) is 121 cm³/mol. The molecular formula is C22H22Br2N4O. The summed E-state index contributed by atoms with van der Waals surface area (Å²) in [6, 6.07) is 15.7. The Bertz CT molecular complexity index is 983. The van der Waals surface area contributed by atoms with Gasteiger partial charge in [0.25, 0.3) is 0 Å². The summed E-state index contributed by atoms with van der Waals surface area (Å²) in [7, 11) is 0. The number of nitrogens with zero attached hydrogens (tertiary/aromatic N) is 4. The zero-order chi connectivity index (χ0) is 20.2. The molecule has 5 nitrogen and oxygen atoms in total. The zero-order valence-electron chi connectivity index (χ0n) is 16.0. The lowest BCUT2D eigenvalue weighted by atomic mass is 10.1. The van der Waals surface area contributed by atoms with Crippen molar-refractivity contribution in [2.45, 2.75) is 38.8 Å². The number of ketones is 1. The van der Waals surface area contributed by atoms with E-state index in [4.69, 9.17) is 0 Å². The Morgan fingerprint density at radius 1 is 0.931 bits per heavy atom. The zero-order valence-corrected chi connectivity index (χ0v) is 19.2. The highest BCUT2D eigenvalue weighted by Crippen LogP contribution is 2.23. The van der Waals surface area contributed by atoms with Gasteiger partial charge in [0.2, 0.25) is 5.95 Å². The fraction of sp³-hybridized carbons (Fsp3) is 0.318. The van der Waals surface area contributed by atoms with Crippen molar-refractivity contribution in [3.05, 3.63) is 74.4 Å². The van der Waals surface area contributed by atoms with Crippen molar-refractivity contribution in [2.24, 2.45) is 0 Å². The number of carbonyl (C=O) groups is 1. The van der Waals surface area contributed by atoms with Gasteiger partial charge >= 0.3 is 0 Å². The number of aryl methyl sites for hydroxylation is 1. The second-order valence-electron chi connectivity index (χ2n) is 7.29. The Balaban J connectivity index is 1.63. The van der Waals surface area contributed by atoms with Crippen molar-refractivity contribution < 1.29 is 4.79 Å². The fourth-order valence-electron chi connectivity index (χ4n) is 3.61. The molecule has 1 aliphatic rings. The normalized spacial score (nSPS) is 13.6. The van der Waals surface area contributed by atoms with Crippen molar-refractivity contribution in [3.63, 3.8) is 0 Å². The van der Waals surface area contributed by atoms with Crippen LogP contribution in [0.2, 0.25) is 0 Å². The molecule has 0 amide bonds. The first-order valence-corrected chi connectivity index (χ1v) is 11.4. The summed E-state index contributed by atoms with van der Waals surface area (Å²) in [6.07, 6.45) is 4.40. The van der Waals surface area contributed by atoms with Crippen LogP contribution in [0.25, 0.3) is 0 Å². The van der Waals surface area contributed by atoms with Crippen LogP contribution in [0.15, 0.2) is 57.5 Å².